The summed E-state index contributed by atoms with van der Waals surface area (Å²) in [6.45, 7) is 3.18. The standard InChI is InChI=1S/C21H30ClN3O/c1-21(11-4-2-5-12-21)15-19(25-17-23-16-24-25)9-3-6-13-26-20-10-7-8-18(22)14-20/h7-8,10,14,16-17,19H,2-6,9,11-13,15H2,1H3. The molecule has 0 aliphatic heterocycles. The van der Waals surface area contributed by atoms with Gasteiger partial charge in [0.2, 0.25) is 0 Å². The second-order valence-electron chi connectivity index (χ2n) is 7.91. The lowest BCUT2D eigenvalue weighted by molar-refractivity contribution is 0.155. The lowest BCUT2D eigenvalue weighted by atomic mass is 9.71. The van der Waals surface area contributed by atoms with Crippen LogP contribution in [0.3, 0.4) is 0 Å². The molecule has 1 fully saturated rings. The number of hydrogen-bond donors (Lipinski definition) is 0. The minimum absolute atomic E-state index is 0.437. The van der Waals surface area contributed by atoms with Crippen LogP contribution in [-0.2, 0) is 0 Å². The van der Waals surface area contributed by atoms with Crippen LogP contribution in [0.4, 0.5) is 0 Å². The van der Waals surface area contributed by atoms with Gasteiger partial charge in [0.15, 0.2) is 0 Å². The topological polar surface area (TPSA) is 39.9 Å². The van der Waals surface area contributed by atoms with E-state index in [2.05, 4.69) is 21.7 Å². The molecule has 1 aliphatic rings. The predicted molar refractivity (Wildman–Crippen MR) is 106 cm³/mol. The number of aromatic nitrogens is 3. The van der Waals surface area contributed by atoms with Gasteiger partial charge in [-0.1, -0.05) is 43.9 Å². The molecule has 0 N–H and O–H groups in total. The number of nitrogens with zero attached hydrogens (tertiary/aromatic N) is 3. The van der Waals surface area contributed by atoms with E-state index in [1.165, 1.54) is 38.5 Å². The lowest BCUT2D eigenvalue weighted by Gasteiger charge is -2.36. The molecule has 1 aromatic carbocycles. The van der Waals surface area contributed by atoms with E-state index in [1.807, 2.05) is 30.6 Å². The highest BCUT2D eigenvalue weighted by atomic mass is 35.5. The van der Waals surface area contributed by atoms with Gasteiger partial charge < -0.3 is 4.74 Å². The van der Waals surface area contributed by atoms with Crippen LogP contribution in [-0.4, -0.2) is 21.4 Å². The number of hydrogen-bond acceptors (Lipinski definition) is 3. The molecular formula is C21H30ClN3O. The van der Waals surface area contributed by atoms with Crippen molar-refractivity contribution < 1.29 is 4.74 Å². The maximum atomic E-state index is 5.99. The first-order valence-corrected chi connectivity index (χ1v) is 10.2. The molecule has 3 rings (SSSR count). The fraction of sp³-hybridized carbons (Fsp3) is 0.619. The summed E-state index contributed by atoms with van der Waals surface area (Å²) in [5.74, 6) is 0.847. The number of unbranched alkanes of at least 4 members (excludes halogenated alkanes) is 1. The quantitative estimate of drug-likeness (QED) is 0.498. The van der Waals surface area contributed by atoms with Crippen LogP contribution < -0.4 is 4.74 Å². The second kappa shape index (κ2) is 9.40. The smallest absolute Gasteiger partial charge is 0.137 e. The molecule has 0 bridgehead atoms. The zero-order valence-electron chi connectivity index (χ0n) is 15.7. The first kappa shape index (κ1) is 19.2. The van der Waals surface area contributed by atoms with E-state index in [1.54, 1.807) is 6.33 Å². The molecule has 26 heavy (non-hydrogen) atoms. The third-order valence-electron chi connectivity index (χ3n) is 5.60. The summed E-state index contributed by atoms with van der Waals surface area (Å²) < 4.78 is 7.88. The molecule has 1 unspecified atom stereocenters. The molecule has 0 radical (unpaired) electrons. The molecule has 2 aromatic rings. The van der Waals surface area contributed by atoms with E-state index in [4.69, 9.17) is 16.3 Å². The van der Waals surface area contributed by atoms with Crippen molar-refractivity contribution in [3.05, 3.63) is 41.9 Å². The molecule has 0 amide bonds. The highest BCUT2D eigenvalue weighted by Gasteiger charge is 2.30. The van der Waals surface area contributed by atoms with Crippen LogP contribution in [0, 0.1) is 5.41 Å². The molecule has 1 aliphatic carbocycles. The van der Waals surface area contributed by atoms with Gasteiger partial charge in [0, 0.05) is 5.02 Å². The van der Waals surface area contributed by atoms with Gasteiger partial charge in [-0.05, 0) is 62.1 Å². The van der Waals surface area contributed by atoms with Gasteiger partial charge in [-0.25, -0.2) is 9.67 Å². The van der Waals surface area contributed by atoms with Crippen molar-refractivity contribution in [2.75, 3.05) is 6.61 Å². The molecule has 0 spiro atoms. The molecule has 1 saturated carbocycles. The summed E-state index contributed by atoms with van der Waals surface area (Å²) >= 11 is 5.99. The summed E-state index contributed by atoms with van der Waals surface area (Å²) in [5, 5.41) is 5.15. The number of benzene rings is 1. The van der Waals surface area contributed by atoms with Crippen molar-refractivity contribution in [1.82, 2.24) is 14.8 Å². The Balaban J connectivity index is 1.47. The summed E-state index contributed by atoms with van der Waals surface area (Å²) in [7, 11) is 0. The second-order valence-corrected chi connectivity index (χ2v) is 8.34. The van der Waals surface area contributed by atoms with E-state index in [9.17, 15) is 0 Å². The number of ether oxygens (including phenoxy) is 1. The molecule has 1 aromatic heterocycles. The Labute approximate surface area is 161 Å². The minimum atomic E-state index is 0.437. The van der Waals surface area contributed by atoms with Crippen molar-refractivity contribution in [3.8, 4) is 5.75 Å². The minimum Gasteiger partial charge on any atom is -0.494 e. The number of halogens is 1. The average Bonchev–Trinajstić information content (AvgIpc) is 3.16. The van der Waals surface area contributed by atoms with E-state index >= 15 is 0 Å². The zero-order chi connectivity index (χ0) is 18.2. The Morgan fingerprint density at radius 3 is 2.81 bits per heavy atom. The molecule has 142 valence electrons. The average molecular weight is 376 g/mol. The molecule has 0 saturated heterocycles. The fourth-order valence-electron chi connectivity index (χ4n) is 4.14. The van der Waals surface area contributed by atoms with Gasteiger partial charge in [0.25, 0.3) is 0 Å². The first-order valence-electron chi connectivity index (χ1n) is 9.87. The molecule has 1 atom stereocenters. The van der Waals surface area contributed by atoms with Gasteiger partial charge in [0.1, 0.15) is 18.4 Å². The molecule has 4 nitrogen and oxygen atoms in total. The van der Waals surface area contributed by atoms with Gasteiger partial charge >= 0.3 is 0 Å². The molecule has 5 heteroatoms. The third kappa shape index (κ3) is 5.73. The zero-order valence-corrected chi connectivity index (χ0v) is 16.5. The molecule has 1 heterocycles. The number of rotatable bonds is 9. The first-order chi connectivity index (χ1) is 12.6. The fourth-order valence-corrected chi connectivity index (χ4v) is 4.32. The van der Waals surface area contributed by atoms with Crippen LogP contribution in [0.15, 0.2) is 36.9 Å². The van der Waals surface area contributed by atoms with Crippen LogP contribution in [0.1, 0.15) is 70.8 Å². The van der Waals surface area contributed by atoms with Gasteiger partial charge in [-0.3, -0.25) is 0 Å². The predicted octanol–water partition coefficient (Wildman–Crippen LogP) is 6.08. The van der Waals surface area contributed by atoms with E-state index in [-0.39, 0.29) is 0 Å². The Hall–Kier alpha value is -1.55. The van der Waals surface area contributed by atoms with Gasteiger partial charge in [-0.2, -0.15) is 5.10 Å². The van der Waals surface area contributed by atoms with Crippen LogP contribution in [0.2, 0.25) is 5.02 Å². The van der Waals surface area contributed by atoms with E-state index in [0.717, 1.165) is 36.6 Å². The Kier molecular flexibility index (Phi) is 6.95. The Morgan fingerprint density at radius 2 is 2.08 bits per heavy atom. The monoisotopic (exact) mass is 375 g/mol. The van der Waals surface area contributed by atoms with Gasteiger partial charge in [0.05, 0.1) is 12.6 Å². The Bertz CT molecular complexity index is 653. The van der Waals surface area contributed by atoms with Crippen LogP contribution >= 0.6 is 11.6 Å². The Morgan fingerprint density at radius 1 is 1.23 bits per heavy atom. The highest BCUT2D eigenvalue weighted by Crippen LogP contribution is 2.42. The highest BCUT2D eigenvalue weighted by molar-refractivity contribution is 6.30. The van der Waals surface area contributed by atoms with E-state index in [0.29, 0.717) is 11.5 Å². The van der Waals surface area contributed by atoms with E-state index < -0.39 is 0 Å². The summed E-state index contributed by atoms with van der Waals surface area (Å²) in [6, 6.07) is 8.04. The van der Waals surface area contributed by atoms with Crippen molar-refractivity contribution in [1.29, 1.82) is 0 Å². The largest absolute Gasteiger partial charge is 0.494 e. The van der Waals surface area contributed by atoms with Crippen molar-refractivity contribution in [3.63, 3.8) is 0 Å². The van der Waals surface area contributed by atoms with Crippen molar-refractivity contribution in [2.24, 2.45) is 5.41 Å². The summed E-state index contributed by atoms with van der Waals surface area (Å²) in [5.41, 5.74) is 0.451. The van der Waals surface area contributed by atoms with Gasteiger partial charge in [-0.15, -0.1) is 0 Å². The normalized spacial score (nSPS) is 17.8. The maximum Gasteiger partial charge on any atom is 0.137 e. The van der Waals surface area contributed by atoms with Crippen molar-refractivity contribution in [2.45, 2.75) is 70.8 Å². The third-order valence-corrected chi connectivity index (χ3v) is 5.83. The van der Waals surface area contributed by atoms with Crippen LogP contribution in [0.25, 0.3) is 0 Å². The lowest BCUT2D eigenvalue weighted by Crippen LogP contribution is -2.25. The SMILES string of the molecule is CC1(CC(CCCCOc2cccc(Cl)c2)n2cncn2)CCCCC1. The summed E-state index contributed by atoms with van der Waals surface area (Å²) in [4.78, 5) is 4.17. The maximum absolute atomic E-state index is 5.99. The van der Waals surface area contributed by atoms with Crippen molar-refractivity contribution >= 4 is 11.6 Å². The van der Waals surface area contributed by atoms with Crippen LogP contribution in [0.5, 0.6) is 5.75 Å². The summed E-state index contributed by atoms with van der Waals surface area (Å²) in [6.07, 6.45) is 14.8. The molecular weight excluding hydrogens is 346 g/mol.